The first kappa shape index (κ1) is 16.1. The summed E-state index contributed by atoms with van der Waals surface area (Å²) in [6.45, 7) is 0.447. The number of hydrogen-bond donors (Lipinski definition) is 2. The van der Waals surface area contributed by atoms with Crippen molar-refractivity contribution in [2.75, 3.05) is 26.1 Å². The van der Waals surface area contributed by atoms with Gasteiger partial charge in [0.2, 0.25) is 0 Å². The second kappa shape index (κ2) is 8.22. The van der Waals surface area contributed by atoms with Crippen LogP contribution in [0.4, 0.5) is 5.69 Å². The molecule has 0 heterocycles. The summed E-state index contributed by atoms with van der Waals surface area (Å²) in [4.78, 5) is 0. The predicted molar refractivity (Wildman–Crippen MR) is 81.4 cm³/mol. The van der Waals surface area contributed by atoms with Crippen molar-refractivity contribution >= 4 is 5.69 Å². The standard InChI is InChI=1S/C16H25NO4/c1-19-13-5-4-6-14(9-13)20-10-12(18)11-21-16-8-3-2-7-15(16)17/h2-3,7-8,12-14,18H,4-6,9-11,17H2,1H3. The highest BCUT2D eigenvalue weighted by molar-refractivity contribution is 5.51. The largest absolute Gasteiger partial charge is 0.489 e. The van der Waals surface area contributed by atoms with Gasteiger partial charge in [-0.1, -0.05) is 12.1 Å². The SMILES string of the molecule is COC1CCCC(OCC(O)COc2ccccc2N)C1. The van der Waals surface area contributed by atoms with Crippen molar-refractivity contribution in [3.05, 3.63) is 24.3 Å². The molecule has 0 amide bonds. The van der Waals surface area contributed by atoms with Gasteiger partial charge < -0.3 is 25.1 Å². The quantitative estimate of drug-likeness (QED) is 0.752. The summed E-state index contributed by atoms with van der Waals surface area (Å²) < 4.78 is 16.6. The van der Waals surface area contributed by atoms with Crippen LogP contribution in [0.15, 0.2) is 24.3 Å². The number of aliphatic hydroxyl groups is 1. The van der Waals surface area contributed by atoms with Crippen LogP contribution in [0.2, 0.25) is 0 Å². The normalized spacial score (nSPS) is 23.7. The maximum Gasteiger partial charge on any atom is 0.142 e. The Hall–Kier alpha value is -1.30. The van der Waals surface area contributed by atoms with Gasteiger partial charge in [0.1, 0.15) is 18.5 Å². The van der Waals surface area contributed by atoms with Crippen LogP contribution in [0.5, 0.6) is 5.75 Å². The number of benzene rings is 1. The molecule has 3 unspecified atom stereocenters. The smallest absolute Gasteiger partial charge is 0.142 e. The van der Waals surface area contributed by atoms with Gasteiger partial charge in [0.05, 0.1) is 24.5 Å². The molecule has 1 aromatic rings. The van der Waals surface area contributed by atoms with Crippen molar-refractivity contribution < 1.29 is 19.3 Å². The molecule has 0 saturated heterocycles. The van der Waals surface area contributed by atoms with Gasteiger partial charge in [-0.25, -0.2) is 0 Å². The first-order valence-electron chi connectivity index (χ1n) is 7.48. The topological polar surface area (TPSA) is 73.9 Å². The molecule has 1 aromatic carbocycles. The van der Waals surface area contributed by atoms with Gasteiger partial charge in [0.15, 0.2) is 0 Å². The molecule has 1 aliphatic carbocycles. The van der Waals surface area contributed by atoms with Crippen LogP contribution < -0.4 is 10.5 Å². The molecule has 2 rings (SSSR count). The van der Waals surface area contributed by atoms with Crippen molar-refractivity contribution in [1.82, 2.24) is 0 Å². The fourth-order valence-electron chi connectivity index (χ4n) is 2.56. The van der Waals surface area contributed by atoms with E-state index in [9.17, 15) is 5.11 Å². The Balaban J connectivity index is 1.68. The Bertz CT molecular complexity index is 426. The number of rotatable bonds is 7. The predicted octanol–water partition coefficient (Wildman–Crippen LogP) is 1.98. The lowest BCUT2D eigenvalue weighted by molar-refractivity contribution is -0.0632. The van der Waals surface area contributed by atoms with Gasteiger partial charge in [-0.05, 0) is 37.8 Å². The lowest BCUT2D eigenvalue weighted by Crippen LogP contribution is -2.31. The average Bonchev–Trinajstić information content (AvgIpc) is 2.52. The van der Waals surface area contributed by atoms with Crippen molar-refractivity contribution in [3.63, 3.8) is 0 Å². The van der Waals surface area contributed by atoms with E-state index in [0.717, 1.165) is 25.7 Å². The number of anilines is 1. The van der Waals surface area contributed by atoms with Gasteiger partial charge >= 0.3 is 0 Å². The summed E-state index contributed by atoms with van der Waals surface area (Å²) >= 11 is 0. The van der Waals surface area contributed by atoms with E-state index >= 15 is 0 Å². The van der Waals surface area contributed by atoms with Gasteiger partial charge in [-0.3, -0.25) is 0 Å². The molecule has 118 valence electrons. The lowest BCUT2D eigenvalue weighted by Gasteiger charge is -2.28. The van der Waals surface area contributed by atoms with E-state index in [2.05, 4.69) is 0 Å². The molecule has 0 spiro atoms. The van der Waals surface area contributed by atoms with Crippen LogP contribution in [-0.4, -0.2) is 43.7 Å². The summed E-state index contributed by atoms with van der Waals surface area (Å²) in [5, 5.41) is 9.93. The van der Waals surface area contributed by atoms with Gasteiger partial charge in [0.25, 0.3) is 0 Å². The van der Waals surface area contributed by atoms with Crippen LogP contribution in [0, 0.1) is 0 Å². The fourth-order valence-corrected chi connectivity index (χ4v) is 2.56. The second-order valence-electron chi connectivity index (χ2n) is 5.48. The van der Waals surface area contributed by atoms with E-state index in [0.29, 0.717) is 11.4 Å². The minimum absolute atomic E-state index is 0.167. The minimum atomic E-state index is -0.660. The summed E-state index contributed by atoms with van der Waals surface area (Å²) in [6, 6.07) is 7.25. The third-order valence-electron chi connectivity index (χ3n) is 3.79. The first-order valence-corrected chi connectivity index (χ1v) is 7.48. The maximum absolute atomic E-state index is 9.93. The van der Waals surface area contributed by atoms with Crippen molar-refractivity contribution in [3.8, 4) is 5.75 Å². The van der Waals surface area contributed by atoms with Crippen LogP contribution >= 0.6 is 0 Å². The highest BCUT2D eigenvalue weighted by atomic mass is 16.5. The summed E-state index contributed by atoms with van der Waals surface area (Å²) in [6.07, 6.45) is 3.91. The molecule has 0 bridgehead atoms. The molecule has 1 aliphatic rings. The number of methoxy groups -OCH3 is 1. The maximum atomic E-state index is 9.93. The van der Waals surface area contributed by atoms with Crippen LogP contribution in [0.25, 0.3) is 0 Å². The Morgan fingerprint density at radius 3 is 2.76 bits per heavy atom. The van der Waals surface area contributed by atoms with E-state index in [-0.39, 0.29) is 25.4 Å². The summed E-state index contributed by atoms with van der Waals surface area (Å²) in [5.41, 5.74) is 6.35. The number of para-hydroxylation sites is 2. The van der Waals surface area contributed by atoms with Crippen LogP contribution in [0.1, 0.15) is 25.7 Å². The van der Waals surface area contributed by atoms with Crippen LogP contribution in [0.3, 0.4) is 0 Å². The number of ether oxygens (including phenoxy) is 3. The highest BCUT2D eigenvalue weighted by Crippen LogP contribution is 2.23. The zero-order valence-corrected chi connectivity index (χ0v) is 12.5. The molecule has 1 saturated carbocycles. The van der Waals surface area contributed by atoms with Crippen molar-refractivity contribution in [2.45, 2.75) is 44.0 Å². The molecule has 0 radical (unpaired) electrons. The zero-order chi connectivity index (χ0) is 15.1. The molecule has 21 heavy (non-hydrogen) atoms. The molecule has 0 aromatic heterocycles. The van der Waals surface area contributed by atoms with Crippen molar-refractivity contribution in [1.29, 1.82) is 0 Å². The summed E-state index contributed by atoms with van der Waals surface area (Å²) in [7, 11) is 1.74. The Morgan fingerprint density at radius 2 is 2.00 bits per heavy atom. The zero-order valence-electron chi connectivity index (χ0n) is 12.5. The molecule has 3 atom stereocenters. The summed E-state index contributed by atoms with van der Waals surface area (Å²) in [5.74, 6) is 0.591. The number of nitrogen functional groups attached to an aromatic ring is 1. The minimum Gasteiger partial charge on any atom is -0.489 e. The molecule has 5 nitrogen and oxygen atoms in total. The number of hydrogen-bond acceptors (Lipinski definition) is 5. The third-order valence-corrected chi connectivity index (χ3v) is 3.79. The van der Waals surface area contributed by atoms with E-state index in [1.807, 2.05) is 12.1 Å². The fraction of sp³-hybridized carbons (Fsp3) is 0.625. The average molecular weight is 295 g/mol. The van der Waals surface area contributed by atoms with Crippen molar-refractivity contribution in [2.24, 2.45) is 0 Å². The van der Waals surface area contributed by atoms with E-state index in [4.69, 9.17) is 19.9 Å². The molecule has 3 N–H and O–H groups in total. The van der Waals surface area contributed by atoms with Gasteiger partial charge in [-0.15, -0.1) is 0 Å². The lowest BCUT2D eigenvalue weighted by atomic mass is 9.95. The molecular weight excluding hydrogens is 270 g/mol. The highest BCUT2D eigenvalue weighted by Gasteiger charge is 2.23. The van der Waals surface area contributed by atoms with Gasteiger partial charge in [-0.2, -0.15) is 0 Å². The van der Waals surface area contributed by atoms with Gasteiger partial charge in [0, 0.05) is 7.11 Å². The van der Waals surface area contributed by atoms with Crippen LogP contribution in [-0.2, 0) is 9.47 Å². The third kappa shape index (κ3) is 5.19. The molecule has 0 aliphatic heterocycles. The van der Waals surface area contributed by atoms with E-state index in [1.165, 1.54) is 0 Å². The number of nitrogens with two attached hydrogens (primary N) is 1. The Morgan fingerprint density at radius 1 is 1.24 bits per heavy atom. The Kier molecular flexibility index (Phi) is 6.29. The molecule has 1 fully saturated rings. The second-order valence-corrected chi connectivity index (χ2v) is 5.48. The molecular formula is C16H25NO4. The first-order chi connectivity index (χ1) is 10.2. The number of aliphatic hydroxyl groups excluding tert-OH is 1. The monoisotopic (exact) mass is 295 g/mol. The Labute approximate surface area is 126 Å². The van der Waals surface area contributed by atoms with E-state index in [1.54, 1.807) is 19.2 Å². The van der Waals surface area contributed by atoms with E-state index < -0.39 is 6.10 Å². The molecule has 5 heteroatoms.